The summed E-state index contributed by atoms with van der Waals surface area (Å²) in [6, 6.07) is 13.6. The Morgan fingerprint density at radius 2 is 1.81 bits per heavy atom. The highest BCUT2D eigenvalue weighted by atomic mass is 79.9. The maximum absolute atomic E-state index is 12.9. The first-order valence-corrected chi connectivity index (χ1v) is 11.2. The van der Waals surface area contributed by atoms with Crippen molar-refractivity contribution in [2.24, 2.45) is 5.10 Å². The number of anilines is 1. The summed E-state index contributed by atoms with van der Waals surface area (Å²) < 4.78 is 7.78. The predicted octanol–water partition coefficient (Wildman–Crippen LogP) is 6.95. The molecule has 0 radical (unpaired) electrons. The Kier molecular flexibility index (Phi) is 5.96. The quantitative estimate of drug-likeness (QED) is 0.182. The van der Waals surface area contributed by atoms with Gasteiger partial charge in [0, 0.05) is 31.1 Å². The van der Waals surface area contributed by atoms with Gasteiger partial charge >= 0.3 is 0 Å². The Bertz CT molecular complexity index is 1270. The molecule has 3 aromatic rings. The maximum Gasteiger partial charge on any atom is 0.280 e. The lowest BCUT2D eigenvalue weighted by molar-refractivity contribution is -0.385. The molecule has 0 saturated heterocycles. The van der Waals surface area contributed by atoms with Gasteiger partial charge in [0.2, 0.25) is 0 Å². The molecular weight excluding hydrogens is 598 g/mol. The van der Waals surface area contributed by atoms with Crippen molar-refractivity contribution in [2.75, 3.05) is 5.01 Å². The van der Waals surface area contributed by atoms with Crippen molar-refractivity contribution in [2.45, 2.75) is 6.92 Å². The Hall–Kier alpha value is -2.56. The van der Waals surface area contributed by atoms with Crippen molar-refractivity contribution in [1.29, 1.82) is 0 Å². The number of furan rings is 1. The zero-order valence-electron chi connectivity index (χ0n) is 15.8. The zero-order valence-corrected chi connectivity index (χ0v) is 20.6. The largest absolute Gasteiger partial charge is 0.457 e. The summed E-state index contributed by atoms with van der Waals surface area (Å²) in [5.41, 5.74) is 2.23. The molecule has 1 aromatic heterocycles. The molecule has 0 aliphatic carbocycles. The number of nitro groups is 1. The molecular formula is C21H12Br3N3O4. The predicted molar refractivity (Wildman–Crippen MR) is 129 cm³/mol. The number of nitro benzene ring substituents is 1. The first kappa shape index (κ1) is 21.7. The van der Waals surface area contributed by atoms with Crippen LogP contribution in [0, 0.1) is 10.1 Å². The smallest absolute Gasteiger partial charge is 0.280 e. The first-order chi connectivity index (χ1) is 14.7. The van der Waals surface area contributed by atoms with Gasteiger partial charge in [-0.2, -0.15) is 10.1 Å². The average molecular weight is 610 g/mol. The molecule has 0 unspecified atom stereocenters. The van der Waals surface area contributed by atoms with Crippen molar-refractivity contribution in [1.82, 2.24) is 0 Å². The highest BCUT2D eigenvalue weighted by Crippen LogP contribution is 2.39. The lowest BCUT2D eigenvalue weighted by atomic mass is 10.1. The molecule has 7 nitrogen and oxygen atoms in total. The second-order valence-corrected chi connectivity index (χ2v) is 9.21. The van der Waals surface area contributed by atoms with E-state index in [1.54, 1.807) is 31.2 Å². The van der Waals surface area contributed by atoms with Crippen molar-refractivity contribution >= 4 is 76.9 Å². The average Bonchev–Trinajstić information content (AvgIpc) is 3.27. The molecule has 0 saturated carbocycles. The van der Waals surface area contributed by atoms with Gasteiger partial charge in [-0.25, -0.2) is 0 Å². The van der Waals surface area contributed by atoms with Crippen molar-refractivity contribution in [3.05, 3.63) is 83.4 Å². The molecule has 0 bridgehead atoms. The summed E-state index contributed by atoms with van der Waals surface area (Å²) in [6.07, 6.45) is 1.63. The monoisotopic (exact) mass is 607 g/mol. The molecule has 2 heterocycles. The van der Waals surface area contributed by atoms with E-state index < -0.39 is 4.92 Å². The van der Waals surface area contributed by atoms with Crippen LogP contribution in [0.4, 0.5) is 11.4 Å². The Labute approximate surface area is 202 Å². The number of halogens is 3. The van der Waals surface area contributed by atoms with E-state index in [9.17, 15) is 14.9 Å². The van der Waals surface area contributed by atoms with Crippen molar-refractivity contribution < 1.29 is 14.1 Å². The van der Waals surface area contributed by atoms with Crippen LogP contribution in [-0.2, 0) is 4.79 Å². The van der Waals surface area contributed by atoms with Crippen LogP contribution in [0.5, 0.6) is 0 Å². The Morgan fingerprint density at radius 1 is 1.10 bits per heavy atom. The van der Waals surface area contributed by atoms with E-state index >= 15 is 0 Å². The lowest BCUT2D eigenvalue weighted by Crippen LogP contribution is -2.21. The van der Waals surface area contributed by atoms with E-state index in [0.717, 1.165) is 4.47 Å². The first-order valence-electron chi connectivity index (χ1n) is 8.85. The molecule has 0 spiro atoms. The zero-order chi connectivity index (χ0) is 22.3. The van der Waals surface area contributed by atoms with E-state index in [0.29, 0.717) is 43.0 Å². The summed E-state index contributed by atoms with van der Waals surface area (Å²) in [4.78, 5) is 23.5. The minimum Gasteiger partial charge on any atom is -0.457 e. The molecule has 1 amide bonds. The molecule has 156 valence electrons. The van der Waals surface area contributed by atoms with Gasteiger partial charge in [-0.05, 0) is 75.2 Å². The third-order valence-electron chi connectivity index (χ3n) is 4.51. The lowest BCUT2D eigenvalue weighted by Gasteiger charge is -2.11. The van der Waals surface area contributed by atoms with Gasteiger partial charge < -0.3 is 4.42 Å². The highest BCUT2D eigenvalue weighted by molar-refractivity contribution is 9.11. The number of benzene rings is 2. The van der Waals surface area contributed by atoms with Crippen LogP contribution in [0.15, 0.2) is 77.0 Å². The molecule has 0 N–H and O–H groups in total. The van der Waals surface area contributed by atoms with E-state index in [4.69, 9.17) is 4.42 Å². The fourth-order valence-electron chi connectivity index (χ4n) is 3.07. The summed E-state index contributed by atoms with van der Waals surface area (Å²) in [5, 5.41) is 16.8. The molecule has 31 heavy (non-hydrogen) atoms. The van der Waals surface area contributed by atoms with E-state index in [-0.39, 0.29) is 11.6 Å². The number of carbonyl (C=O) groups is 1. The number of hydrazone groups is 1. The highest BCUT2D eigenvalue weighted by Gasteiger charge is 2.29. The summed E-state index contributed by atoms with van der Waals surface area (Å²) >= 11 is 10.1. The van der Waals surface area contributed by atoms with Crippen LogP contribution >= 0.6 is 47.8 Å². The summed E-state index contributed by atoms with van der Waals surface area (Å²) in [7, 11) is 0. The van der Waals surface area contributed by atoms with Crippen LogP contribution in [-0.4, -0.2) is 16.5 Å². The summed E-state index contributed by atoms with van der Waals surface area (Å²) in [6.45, 7) is 1.76. The number of non-ortho nitro benzene ring substituents is 1. The molecule has 4 rings (SSSR count). The molecule has 1 aliphatic heterocycles. The number of nitrogens with zero attached hydrogens (tertiary/aromatic N) is 3. The van der Waals surface area contributed by atoms with Crippen molar-refractivity contribution in [3.63, 3.8) is 0 Å². The Morgan fingerprint density at radius 3 is 2.45 bits per heavy atom. The van der Waals surface area contributed by atoms with Crippen LogP contribution in [0.25, 0.3) is 17.4 Å². The van der Waals surface area contributed by atoms with Gasteiger partial charge in [-0.1, -0.05) is 22.0 Å². The fourth-order valence-corrected chi connectivity index (χ4v) is 5.01. The molecule has 0 atom stereocenters. The van der Waals surface area contributed by atoms with Crippen LogP contribution in [0.3, 0.4) is 0 Å². The third-order valence-corrected chi connectivity index (χ3v) is 6.26. The summed E-state index contributed by atoms with van der Waals surface area (Å²) in [5.74, 6) is 0.691. The van der Waals surface area contributed by atoms with Crippen LogP contribution in [0.2, 0.25) is 0 Å². The third kappa shape index (κ3) is 4.28. The number of amides is 1. The van der Waals surface area contributed by atoms with E-state index in [1.165, 1.54) is 17.1 Å². The van der Waals surface area contributed by atoms with E-state index in [1.807, 2.05) is 18.2 Å². The SMILES string of the molecule is CC1=NN(c2cccc(Br)c2)C(=O)/C1=C\c1ccc(-c2c(Br)cc([N+](=O)[O-])cc2Br)o1. The van der Waals surface area contributed by atoms with Gasteiger partial charge in [-0.15, -0.1) is 0 Å². The fraction of sp³-hybridized carbons (Fsp3) is 0.0476. The molecule has 2 aromatic carbocycles. The van der Waals surface area contributed by atoms with Gasteiger partial charge in [0.1, 0.15) is 11.5 Å². The van der Waals surface area contributed by atoms with Gasteiger partial charge in [0.05, 0.1) is 21.9 Å². The molecule has 0 fully saturated rings. The number of hydrogen-bond donors (Lipinski definition) is 0. The van der Waals surface area contributed by atoms with Gasteiger partial charge in [-0.3, -0.25) is 14.9 Å². The standard InChI is InChI=1S/C21H12Br3N3O4/c1-11-16(21(28)26(25-11)13-4-2-3-12(22)7-13)10-15-5-6-19(31-15)20-17(23)8-14(27(29)30)9-18(20)24/h2-10H,1H3/b16-10-. The Balaban J connectivity index is 1.66. The number of carbonyl (C=O) groups excluding carboxylic acids is 1. The van der Waals surface area contributed by atoms with Gasteiger partial charge in [0.15, 0.2) is 0 Å². The number of rotatable bonds is 4. The second-order valence-electron chi connectivity index (χ2n) is 6.58. The van der Waals surface area contributed by atoms with Crippen LogP contribution < -0.4 is 5.01 Å². The van der Waals surface area contributed by atoms with Crippen molar-refractivity contribution in [3.8, 4) is 11.3 Å². The molecule has 10 heteroatoms. The minimum absolute atomic E-state index is 0.0487. The maximum atomic E-state index is 12.9. The molecule has 1 aliphatic rings. The normalized spacial score (nSPS) is 15.0. The number of hydrogen-bond acceptors (Lipinski definition) is 5. The van der Waals surface area contributed by atoms with Gasteiger partial charge in [0.25, 0.3) is 11.6 Å². The van der Waals surface area contributed by atoms with Crippen LogP contribution in [0.1, 0.15) is 12.7 Å². The van der Waals surface area contributed by atoms with E-state index in [2.05, 4.69) is 52.9 Å². The topological polar surface area (TPSA) is 89.0 Å². The second kappa shape index (κ2) is 8.52. The minimum atomic E-state index is -0.470.